The van der Waals surface area contributed by atoms with Gasteiger partial charge < -0.3 is 10.2 Å². The Morgan fingerprint density at radius 1 is 1.30 bits per heavy atom. The van der Waals surface area contributed by atoms with Gasteiger partial charge in [-0.25, -0.2) is 0 Å². The number of carbonyl (C=O) groups is 1. The molecule has 110 valence electrons. The lowest BCUT2D eigenvalue weighted by molar-refractivity contribution is 0.0761. The molecule has 0 radical (unpaired) electrons. The van der Waals surface area contributed by atoms with E-state index >= 15 is 0 Å². The van der Waals surface area contributed by atoms with Crippen LogP contribution in [-0.2, 0) is 0 Å². The van der Waals surface area contributed by atoms with Gasteiger partial charge in [0, 0.05) is 26.3 Å². The molecule has 0 aliphatic heterocycles. The van der Waals surface area contributed by atoms with Crippen molar-refractivity contribution in [3.05, 3.63) is 29.3 Å². The SMILES string of the molecule is CNc1cc(C)ccc1C(=O)N(C)CC1CCCCC1. The molecule has 1 aromatic rings. The molecule has 0 spiro atoms. The maximum Gasteiger partial charge on any atom is 0.255 e. The molecule has 0 bridgehead atoms. The number of hydrogen-bond acceptors (Lipinski definition) is 2. The van der Waals surface area contributed by atoms with Crippen molar-refractivity contribution in [1.29, 1.82) is 0 Å². The average Bonchev–Trinajstić information content (AvgIpc) is 2.47. The Labute approximate surface area is 122 Å². The van der Waals surface area contributed by atoms with Gasteiger partial charge in [0.2, 0.25) is 0 Å². The summed E-state index contributed by atoms with van der Waals surface area (Å²) in [7, 11) is 3.79. The van der Waals surface area contributed by atoms with Crippen LogP contribution in [0.25, 0.3) is 0 Å². The quantitative estimate of drug-likeness (QED) is 0.908. The number of carbonyl (C=O) groups excluding carboxylic acids is 1. The van der Waals surface area contributed by atoms with Crippen molar-refractivity contribution in [1.82, 2.24) is 4.90 Å². The Morgan fingerprint density at radius 3 is 2.65 bits per heavy atom. The highest BCUT2D eigenvalue weighted by molar-refractivity contribution is 5.99. The fourth-order valence-corrected chi connectivity index (χ4v) is 3.10. The van der Waals surface area contributed by atoms with E-state index in [-0.39, 0.29) is 5.91 Å². The molecule has 1 aromatic carbocycles. The van der Waals surface area contributed by atoms with Crippen molar-refractivity contribution < 1.29 is 4.79 Å². The Bertz CT molecular complexity index is 464. The largest absolute Gasteiger partial charge is 0.387 e. The van der Waals surface area contributed by atoms with E-state index in [0.717, 1.165) is 17.8 Å². The van der Waals surface area contributed by atoms with Crippen LogP contribution in [0.3, 0.4) is 0 Å². The van der Waals surface area contributed by atoms with E-state index in [1.165, 1.54) is 37.7 Å². The van der Waals surface area contributed by atoms with Crippen LogP contribution in [-0.4, -0.2) is 31.4 Å². The summed E-state index contributed by atoms with van der Waals surface area (Å²) in [6.45, 7) is 2.93. The van der Waals surface area contributed by atoms with Crippen LogP contribution in [0.1, 0.15) is 48.0 Å². The maximum absolute atomic E-state index is 12.6. The van der Waals surface area contributed by atoms with Crippen molar-refractivity contribution in [2.24, 2.45) is 5.92 Å². The summed E-state index contributed by atoms with van der Waals surface area (Å²) < 4.78 is 0. The predicted octanol–water partition coefficient (Wildman–Crippen LogP) is 3.69. The number of nitrogens with zero attached hydrogens (tertiary/aromatic N) is 1. The summed E-state index contributed by atoms with van der Waals surface area (Å²) in [6.07, 6.45) is 6.53. The minimum absolute atomic E-state index is 0.125. The Kier molecular flexibility index (Phi) is 5.05. The van der Waals surface area contributed by atoms with E-state index in [4.69, 9.17) is 0 Å². The first-order valence-corrected chi connectivity index (χ1v) is 7.65. The molecular weight excluding hydrogens is 248 g/mol. The molecule has 0 heterocycles. The van der Waals surface area contributed by atoms with E-state index in [0.29, 0.717) is 5.92 Å². The maximum atomic E-state index is 12.6. The Balaban J connectivity index is 2.05. The van der Waals surface area contributed by atoms with Gasteiger partial charge in [0.25, 0.3) is 5.91 Å². The van der Waals surface area contributed by atoms with Crippen molar-refractivity contribution in [3.8, 4) is 0 Å². The smallest absolute Gasteiger partial charge is 0.255 e. The summed E-state index contributed by atoms with van der Waals surface area (Å²) in [5.41, 5.74) is 2.86. The molecule has 1 saturated carbocycles. The van der Waals surface area contributed by atoms with Crippen LogP contribution >= 0.6 is 0 Å². The number of aryl methyl sites for hydroxylation is 1. The zero-order valence-electron chi connectivity index (χ0n) is 12.9. The molecular formula is C17H26N2O. The molecule has 3 nitrogen and oxygen atoms in total. The van der Waals surface area contributed by atoms with Gasteiger partial charge in [-0.05, 0) is 43.4 Å². The van der Waals surface area contributed by atoms with Crippen LogP contribution in [0.2, 0.25) is 0 Å². The highest BCUT2D eigenvalue weighted by atomic mass is 16.2. The summed E-state index contributed by atoms with van der Waals surface area (Å²) in [4.78, 5) is 14.5. The first-order chi connectivity index (χ1) is 9.61. The van der Waals surface area contributed by atoms with E-state index in [1.54, 1.807) is 0 Å². The summed E-state index contributed by atoms with van der Waals surface area (Å²) in [5, 5.41) is 3.13. The molecule has 1 N–H and O–H groups in total. The molecule has 20 heavy (non-hydrogen) atoms. The first-order valence-electron chi connectivity index (χ1n) is 7.65. The number of amides is 1. The fraction of sp³-hybridized carbons (Fsp3) is 0.588. The second-order valence-electron chi connectivity index (χ2n) is 5.99. The number of nitrogens with one attached hydrogen (secondary N) is 1. The number of hydrogen-bond donors (Lipinski definition) is 1. The van der Waals surface area contributed by atoms with Gasteiger partial charge in [0.15, 0.2) is 0 Å². The van der Waals surface area contributed by atoms with Gasteiger partial charge in [0.1, 0.15) is 0 Å². The topological polar surface area (TPSA) is 32.3 Å². The van der Waals surface area contributed by atoms with Gasteiger partial charge in [-0.2, -0.15) is 0 Å². The van der Waals surface area contributed by atoms with E-state index in [1.807, 2.05) is 44.1 Å². The lowest BCUT2D eigenvalue weighted by atomic mass is 9.89. The molecule has 1 aliphatic rings. The minimum atomic E-state index is 0.125. The van der Waals surface area contributed by atoms with Crippen LogP contribution in [0.15, 0.2) is 18.2 Å². The molecule has 0 saturated heterocycles. The second-order valence-corrected chi connectivity index (χ2v) is 5.99. The van der Waals surface area contributed by atoms with Crippen molar-refractivity contribution in [3.63, 3.8) is 0 Å². The highest BCUT2D eigenvalue weighted by Gasteiger charge is 2.20. The third kappa shape index (κ3) is 3.53. The van der Waals surface area contributed by atoms with E-state index in [2.05, 4.69) is 5.32 Å². The van der Waals surface area contributed by atoms with Crippen molar-refractivity contribution in [2.45, 2.75) is 39.0 Å². The van der Waals surface area contributed by atoms with E-state index in [9.17, 15) is 4.79 Å². The standard InChI is InChI=1S/C17H26N2O/c1-13-9-10-15(16(11-13)18-2)17(20)19(3)12-14-7-5-4-6-8-14/h9-11,14,18H,4-8,12H2,1-3H3. The molecule has 0 aromatic heterocycles. The van der Waals surface area contributed by atoms with Crippen LogP contribution in [0.4, 0.5) is 5.69 Å². The molecule has 3 heteroatoms. The molecule has 2 rings (SSSR count). The summed E-state index contributed by atoms with van der Waals surface area (Å²) >= 11 is 0. The molecule has 1 aliphatic carbocycles. The minimum Gasteiger partial charge on any atom is -0.387 e. The normalized spacial score (nSPS) is 15.9. The fourth-order valence-electron chi connectivity index (χ4n) is 3.10. The highest BCUT2D eigenvalue weighted by Crippen LogP contribution is 2.25. The molecule has 1 amide bonds. The van der Waals surface area contributed by atoms with Gasteiger partial charge in [-0.1, -0.05) is 25.3 Å². The first kappa shape index (κ1) is 14.9. The van der Waals surface area contributed by atoms with Gasteiger partial charge >= 0.3 is 0 Å². The number of benzene rings is 1. The summed E-state index contributed by atoms with van der Waals surface area (Å²) in [5.74, 6) is 0.807. The monoisotopic (exact) mass is 274 g/mol. The predicted molar refractivity (Wildman–Crippen MR) is 84.3 cm³/mol. The third-order valence-electron chi connectivity index (χ3n) is 4.28. The lowest BCUT2D eigenvalue weighted by Crippen LogP contribution is -2.33. The van der Waals surface area contributed by atoms with Crippen LogP contribution in [0.5, 0.6) is 0 Å². The second kappa shape index (κ2) is 6.78. The Hall–Kier alpha value is -1.51. The van der Waals surface area contributed by atoms with E-state index < -0.39 is 0 Å². The molecule has 1 fully saturated rings. The molecule has 0 unspecified atom stereocenters. The Morgan fingerprint density at radius 2 is 2.00 bits per heavy atom. The van der Waals surface area contributed by atoms with Gasteiger partial charge in [0.05, 0.1) is 5.56 Å². The zero-order chi connectivity index (χ0) is 14.5. The van der Waals surface area contributed by atoms with Crippen LogP contribution in [0, 0.1) is 12.8 Å². The number of anilines is 1. The number of rotatable bonds is 4. The molecule has 0 atom stereocenters. The average molecular weight is 274 g/mol. The summed E-state index contributed by atoms with van der Waals surface area (Å²) in [6, 6.07) is 5.96. The van der Waals surface area contributed by atoms with Crippen LogP contribution < -0.4 is 5.32 Å². The lowest BCUT2D eigenvalue weighted by Gasteiger charge is -2.27. The zero-order valence-corrected chi connectivity index (χ0v) is 12.9. The van der Waals surface area contributed by atoms with Gasteiger partial charge in [-0.15, -0.1) is 0 Å². The van der Waals surface area contributed by atoms with Gasteiger partial charge in [-0.3, -0.25) is 4.79 Å². The van der Waals surface area contributed by atoms with Crippen molar-refractivity contribution >= 4 is 11.6 Å². The third-order valence-corrected chi connectivity index (χ3v) is 4.28. The van der Waals surface area contributed by atoms with Crippen molar-refractivity contribution in [2.75, 3.05) is 26.0 Å².